The Balaban J connectivity index is 3.19. The molecule has 18 heavy (non-hydrogen) atoms. The number of H-pyrrole nitrogens is 1. The van der Waals surface area contributed by atoms with Gasteiger partial charge in [0.05, 0.1) is 33.4 Å². The summed E-state index contributed by atoms with van der Waals surface area (Å²) in [4.78, 5) is 34.1. The summed E-state index contributed by atoms with van der Waals surface area (Å²) in [5.74, 6) is -2.17. The van der Waals surface area contributed by atoms with Crippen molar-refractivity contribution in [2.45, 2.75) is 6.42 Å². The van der Waals surface area contributed by atoms with Gasteiger partial charge in [-0.15, -0.1) is 0 Å². The van der Waals surface area contributed by atoms with Crippen molar-refractivity contribution in [2.24, 2.45) is 0 Å². The zero-order valence-electron chi connectivity index (χ0n) is 10.1. The van der Waals surface area contributed by atoms with Gasteiger partial charge in [-0.25, -0.2) is 9.59 Å². The lowest BCUT2D eigenvalue weighted by Gasteiger charge is -2.02. The number of carbonyl (C=O) groups is 3. The summed E-state index contributed by atoms with van der Waals surface area (Å²) in [6, 6.07) is 0. The zero-order valence-corrected chi connectivity index (χ0v) is 10.1. The van der Waals surface area contributed by atoms with E-state index in [-0.39, 0.29) is 23.4 Å². The van der Waals surface area contributed by atoms with E-state index in [4.69, 9.17) is 0 Å². The predicted octanol–water partition coefficient (Wildman–Crippen LogP) is -0.302. The molecule has 8 nitrogen and oxygen atoms in total. The molecular formula is C10H12N2O6. The van der Waals surface area contributed by atoms with Gasteiger partial charge >= 0.3 is 17.9 Å². The quantitative estimate of drug-likeness (QED) is 0.581. The molecule has 0 fully saturated rings. The van der Waals surface area contributed by atoms with Crippen molar-refractivity contribution in [3.8, 4) is 0 Å². The Morgan fingerprint density at radius 1 is 1.06 bits per heavy atom. The molecule has 0 atom stereocenters. The molecule has 0 aliphatic rings. The lowest BCUT2D eigenvalue weighted by Crippen LogP contribution is -2.14. The Morgan fingerprint density at radius 3 is 2.17 bits per heavy atom. The van der Waals surface area contributed by atoms with Crippen LogP contribution in [-0.4, -0.2) is 49.4 Å². The van der Waals surface area contributed by atoms with Crippen LogP contribution in [0.3, 0.4) is 0 Å². The Hall–Kier alpha value is -2.38. The molecule has 1 aromatic heterocycles. The van der Waals surface area contributed by atoms with Gasteiger partial charge in [-0.05, 0) is 0 Å². The van der Waals surface area contributed by atoms with Gasteiger partial charge in [0, 0.05) is 0 Å². The van der Waals surface area contributed by atoms with Crippen molar-refractivity contribution < 1.29 is 28.6 Å². The van der Waals surface area contributed by atoms with Crippen LogP contribution in [-0.2, 0) is 25.4 Å². The molecule has 0 unspecified atom stereocenters. The fourth-order valence-electron chi connectivity index (χ4n) is 1.29. The molecule has 1 heterocycles. The molecular weight excluding hydrogens is 244 g/mol. The van der Waals surface area contributed by atoms with E-state index in [1.807, 2.05) is 0 Å². The number of hydrogen-bond donors (Lipinski definition) is 1. The smallest absolute Gasteiger partial charge is 0.359 e. The van der Waals surface area contributed by atoms with Crippen LogP contribution in [0.15, 0.2) is 0 Å². The maximum absolute atomic E-state index is 11.6. The Morgan fingerprint density at radius 2 is 1.67 bits per heavy atom. The molecule has 0 aliphatic heterocycles. The second-order valence-corrected chi connectivity index (χ2v) is 3.16. The summed E-state index contributed by atoms with van der Waals surface area (Å²) in [6.07, 6.45) is -0.231. The van der Waals surface area contributed by atoms with Gasteiger partial charge in [0.15, 0.2) is 5.69 Å². The summed E-state index contributed by atoms with van der Waals surface area (Å²) in [7, 11) is 3.51. The fraction of sp³-hybridized carbons (Fsp3) is 0.400. The second kappa shape index (κ2) is 5.80. The van der Waals surface area contributed by atoms with Crippen LogP contribution < -0.4 is 0 Å². The highest BCUT2D eigenvalue weighted by Crippen LogP contribution is 2.15. The lowest BCUT2D eigenvalue weighted by molar-refractivity contribution is -0.139. The van der Waals surface area contributed by atoms with Gasteiger partial charge in [-0.3, -0.25) is 9.89 Å². The van der Waals surface area contributed by atoms with Gasteiger partial charge in [0.2, 0.25) is 0 Å². The molecule has 0 aromatic carbocycles. The normalized spacial score (nSPS) is 9.72. The van der Waals surface area contributed by atoms with E-state index in [1.54, 1.807) is 0 Å². The van der Waals surface area contributed by atoms with Crippen molar-refractivity contribution in [3.63, 3.8) is 0 Å². The van der Waals surface area contributed by atoms with Gasteiger partial charge in [-0.1, -0.05) is 0 Å². The molecule has 98 valence electrons. The van der Waals surface area contributed by atoms with Crippen LogP contribution in [0.25, 0.3) is 0 Å². The molecule has 0 bridgehead atoms. The van der Waals surface area contributed by atoms with Gasteiger partial charge in [0.1, 0.15) is 5.56 Å². The number of nitrogens with one attached hydrogen (secondary N) is 1. The summed E-state index contributed by atoms with van der Waals surface area (Å²) >= 11 is 0. The van der Waals surface area contributed by atoms with Crippen molar-refractivity contribution in [1.82, 2.24) is 10.2 Å². The van der Waals surface area contributed by atoms with E-state index >= 15 is 0 Å². The molecule has 0 saturated carbocycles. The monoisotopic (exact) mass is 256 g/mol. The second-order valence-electron chi connectivity index (χ2n) is 3.16. The van der Waals surface area contributed by atoms with E-state index in [0.717, 1.165) is 14.2 Å². The van der Waals surface area contributed by atoms with E-state index in [9.17, 15) is 14.4 Å². The van der Waals surface area contributed by atoms with Crippen LogP contribution in [0.2, 0.25) is 0 Å². The van der Waals surface area contributed by atoms with E-state index in [0.29, 0.717) is 0 Å². The topological polar surface area (TPSA) is 108 Å². The average Bonchev–Trinajstić information content (AvgIpc) is 2.80. The first kappa shape index (κ1) is 13.7. The summed E-state index contributed by atoms with van der Waals surface area (Å²) in [5, 5.41) is 6.05. The minimum Gasteiger partial charge on any atom is -0.469 e. The Labute approximate surface area is 102 Å². The zero-order chi connectivity index (χ0) is 13.7. The third kappa shape index (κ3) is 2.65. The number of ether oxygens (including phenoxy) is 3. The van der Waals surface area contributed by atoms with Gasteiger partial charge in [0.25, 0.3) is 0 Å². The molecule has 0 radical (unpaired) electrons. The third-order valence-electron chi connectivity index (χ3n) is 2.16. The van der Waals surface area contributed by atoms with Gasteiger partial charge in [-0.2, -0.15) is 5.10 Å². The van der Waals surface area contributed by atoms with E-state index < -0.39 is 17.9 Å². The minimum atomic E-state index is -0.803. The van der Waals surface area contributed by atoms with Crippen LogP contribution in [0.1, 0.15) is 26.5 Å². The van der Waals surface area contributed by atoms with Crippen molar-refractivity contribution in [1.29, 1.82) is 0 Å². The average molecular weight is 256 g/mol. The Kier molecular flexibility index (Phi) is 4.41. The number of aromatic nitrogens is 2. The number of carbonyl (C=O) groups excluding carboxylic acids is 3. The third-order valence-corrected chi connectivity index (χ3v) is 2.16. The fourth-order valence-corrected chi connectivity index (χ4v) is 1.29. The molecule has 0 aliphatic carbocycles. The Bertz CT molecular complexity index is 479. The summed E-state index contributed by atoms with van der Waals surface area (Å²) in [5.41, 5.74) is -0.230. The van der Waals surface area contributed by atoms with Gasteiger partial charge < -0.3 is 14.2 Å². The van der Waals surface area contributed by atoms with Crippen LogP contribution >= 0.6 is 0 Å². The molecule has 0 amide bonds. The SMILES string of the molecule is COC(=O)Cc1[nH]nc(C(=O)OC)c1C(=O)OC. The first-order valence-corrected chi connectivity index (χ1v) is 4.85. The molecule has 0 spiro atoms. The van der Waals surface area contributed by atoms with Crippen molar-refractivity contribution in [3.05, 3.63) is 17.0 Å². The number of nitrogens with zero attached hydrogens (tertiary/aromatic N) is 1. The maximum Gasteiger partial charge on any atom is 0.359 e. The summed E-state index contributed by atoms with van der Waals surface area (Å²) < 4.78 is 13.5. The van der Waals surface area contributed by atoms with E-state index in [1.165, 1.54) is 7.11 Å². The number of methoxy groups -OCH3 is 3. The first-order chi connectivity index (χ1) is 8.54. The largest absolute Gasteiger partial charge is 0.469 e. The lowest BCUT2D eigenvalue weighted by atomic mass is 10.1. The summed E-state index contributed by atoms with van der Waals surface area (Å²) in [6.45, 7) is 0. The minimum absolute atomic E-state index is 0.130. The molecule has 1 N–H and O–H groups in total. The predicted molar refractivity (Wildman–Crippen MR) is 57.0 cm³/mol. The number of esters is 3. The van der Waals surface area contributed by atoms with E-state index in [2.05, 4.69) is 24.4 Å². The molecule has 8 heteroatoms. The number of hydrogen-bond acceptors (Lipinski definition) is 7. The van der Waals surface area contributed by atoms with Crippen LogP contribution in [0.4, 0.5) is 0 Å². The van der Waals surface area contributed by atoms with Crippen molar-refractivity contribution in [2.75, 3.05) is 21.3 Å². The molecule has 0 saturated heterocycles. The van der Waals surface area contributed by atoms with Crippen LogP contribution in [0, 0.1) is 0 Å². The first-order valence-electron chi connectivity index (χ1n) is 4.85. The highest BCUT2D eigenvalue weighted by atomic mass is 16.5. The van der Waals surface area contributed by atoms with Crippen LogP contribution in [0.5, 0.6) is 0 Å². The maximum atomic E-state index is 11.6. The highest BCUT2D eigenvalue weighted by molar-refractivity contribution is 6.03. The molecule has 1 aromatic rings. The van der Waals surface area contributed by atoms with Crippen molar-refractivity contribution >= 4 is 17.9 Å². The molecule has 1 rings (SSSR count). The number of aromatic amines is 1. The number of rotatable bonds is 4. The highest BCUT2D eigenvalue weighted by Gasteiger charge is 2.27. The standard InChI is InChI=1S/C10H12N2O6/c1-16-6(13)4-5-7(9(14)17-2)8(12-11-5)10(15)18-3/h4H2,1-3H3,(H,11,12).